The molecule has 1 heterocycles. The van der Waals surface area contributed by atoms with Gasteiger partial charge in [-0.1, -0.05) is 20.8 Å². The lowest BCUT2D eigenvalue weighted by Gasteiger charge is -2.42. The van der Waals surface area contributed by atoms with Gasteiger partial charge in [0.05, 0.1) is 65.9 Å². The molecule has 9 nitrogen and oxygen atoms in total. The summed E-state index contributed by atoms with van der Waals surface area (Å²) in [6.45, 7) is 12.8. The number of ether oxygens (including phenoxy) is 5. The fourth-order valence-corrected chi connectivity index (χ4v) is 4.00. The Labute approximate surface area is 211 Å². The minimum absolute atomic E-state index is 0.0469. The lowest BCUT2D eigenvalue weighted by atomic mass is 9.68. The second-order valence-electron chi connectivity index (χ2n) is 10.3. The van der Waals surface area contributed by atoms with Crippen molar-refractivity contribution < 1.29 is 38.1 Å². The molecule has 1 rings (SSSR count). The molecule has 9 heteroatoms. The maximum atomic E-state index is 12.7. The van der Waals surface area contributed by atoms with E-state index in [0.717, 1.165) is 0 Å². The largest absolute Gasteiger partial charge is 0.382 e. The van der Waals surface area contributed by atoms with Gasteiger partial charge in [-0.25, -0.2) is 0 Å². The monoisotopic (exact) mass is 501 g/mol. The Morgan fingerprint density at radius 2 is 1.20 bits per heavy atom. The molecular formula is C26H47NO8. The van der Waals surface area contributed by atoms with E-state index in [0.29, 0.717) is 105 Å². The molecule has 1 fully saturated rings. The van der Waals surface area contributed by atoms with Crippen LogP contribution in [0.25, 0.3) is 0 Å². The summed E-state index contributed by atoms with van der Waals surface area (Å²) in [7, 11) is 1.63. The zero-order chi connectivity index (χ0) is 26.2. The third kappa shape index (κ3) is 14.1. The Balaban J connectivity index is 2.16. The summed E-state index contributed by atoms with van der Waals surface area (Å²) in [6, 6.07) is 0. The van der Waals surface area contributed by atoms with Crippen molar-refractivity contribution in [1.29, 1.82) is 0 Å². The number of ketones is 2. The van der Waals surface area contributed by atoms with Crippen LogP contribution >= 0.6 is 0 Å². The van der Waals surface area contributed by atoms with Crippen LogP contribution in [0.15, 0.2) is 0 Å². The summed E-state index contributed by atoms with van der Waals surface area (Å²) in [4.78, 5) is 39.0. The number of rotatable bonds is 19. The molecule has 0 aliphatic carbocycles. The van der Waals surface area contributed by atoms with E-state index in [1.54, 1.807) is 14.0 Å². The molecule has 0 aromatic rings. The topological polar surface area (TPSA) is 101 Å². The van der Waals surface area contributed by atoms with Gasteiger partial charge in [0, 0.05) is 38.5 Å². The Hall–Kier alpha value is -1.39. The normalized spacial score (nSPS) is 15.9. The maximum Gasteiger partial charge on any atom is 0.224 e. The highest BCUT2D eigenvalue weighted by Crippen LogP contribution is 2.41. The van der Waals surface area contributed by atoms with E-state index < -0.39 is 5.41 Å². The third-order valence-corrected chi connectivity index (χ3v) is 6.18. The molecule has 0 atom stereocenters. The predicted molar refractivity (Wildman–Crippen MR) is 132 cm³/mol. The van der Waals surface area contributed by atoms with Crippen molar-refractivity contribution in [2.24, 2.45) is 10.8 Å². The van der Waals surface area contributed by atoms with Crippen LogP contribution in [0.2, 0.25) is 0 Å². The van der Waals surface area contributed by atoms with E-state index in [2.05, 4.69) is 0 Å². The average Bonchev–Trinajstić information content (AvgIpc) is 2.78. The van der Waals surface area contributed by atoms with Crippen LogP contribution in [-0.4, -0.2) is 102 Å². The Bertz CT molecular complexity index is 623. The number of Topliss-reactive ketones (excluding diaryl/α,β-unsaturated/α-hetero) is 2. The first-order valence-electron chi connectivity index (χ1n) is 12.7. The van der Waals surface area contributed by atoms with E-state index in [1.807, 2.05) is 25.7 Å². The van der Waals surface area contributed by atoms with Crippen LogP contribution in [0.5, 0.6) is 0 Å². The molecule has 204 valence electrons. The van der Waals surface area contributed by atoms with Gasteiger partial charge in [0.2, 0.25) is 5.91 Å². The van der Waals surface area contributed by atoms with Crippen molar-refractivity contribution in [3.8, 4) is 0 Å². The van der Waals surface area contributed by atoms with E-state index in [-0.39, 0.29) is 22.9 Å². The molecule has 35 heavy (non-hydrogen) atoms. The smallest absolute Gasteiger partial charge is 0.224 e. The van der Waals surface area contributed by atoms with E-state index >= 15 is 0 Å². The number of methoxy groups -OCH3 is 1. The molecule has 0 radical (unpaired) electrons. The summed E-state index contributed by atoms with van der Waals surface area (Å²) in [5.41, 5.74) is -0.759. The van der Waals surface area contributed by atoms with Gasteiger partial charge in [0.1, 0.15) is 11.6 Å². The number of nitrogens with zero attached hydrogens (tertiary/aromatic N) is 1. The Morgan fingerprint density at radius 3 is 1.63 bits per heavy atom. The fourth-order valence-electron chi connectivity index (χ4n) is 4.00. The summed E-state index contributed by atoms with van der Waals surface area (Å²) >= 11 is 0. The van der Waals surface area contributed by atoms with Gasteiger partial charge in [0.15, 0.2) is 0 Å². The second-order valence-corrected chi connectivity index (χ2v) is 10.3. The first-order valence-corrected chi connectivity index (χ1v) is 12.7. The van der Waals surface area contributed by atoms with Crippen LogP contribution in [0.4, 0.5) is 0 Å². The standard InChI is InChI=1S/C26H47NO8/c1-22(28)20-26(21-23(29)25(2,3)4)7-9-27(10-8-26)24(30)6-11-32-14-15-34-18-19-35-17-16-33-13-12-31-5/h6-21H2,1-5H3. The number of piperidine rings is 1. The van der Waals surface area contributed by atoms with Gasteiger partial charge in [-0.3, -0.25) is 9.59 Å². The molecule has 0 unspecified atom stereocenters. The first kappa shape index (κ1) is 31.6. The Morgan fingerprint density at radius 1 is 0.743 bits per heavy atom. The number of likely N-dealkylation sites (tertiary alicyclic amines) is 1. The predicted octanol–water partition coefficient (Wildman–Crippen LogP) is 2.68. The molecule has 0 bridgehead atoms. The van der Waals surface area contributed by atoms with Crippen LogP contribution < -0.4 is 0 Å². The molecule has 0 N–H and O–H groups in total. The summed E-state index contributed by atoms with van der Waals surface area (Å²) in [6.07, 6.45) is 2.46. The van der Waals surface area contributed by atoms with Crippen LogP contribution in [0, 0.1) is 10.8 Å². The molecule has 0 spiro atoms. The molecule has 1 saturated heterocycles. The highest BCUT2D eigenvalue weighted by Gasteiger charge is 2.40. The number of carbonyl (C=O) groups excluding carboxylic acids is 3. The molecule has 0 saturated carbocycles. The maximum absolute atomic E-state index is 12.7. The molecule has 0 aromatic carbocycles. The van der Waals surface area contributed by atoms with E-state index in [1.165, 1.54) is 0 Å². The number of amides is 1. The van der Waals surface area contributed by atoms with Crippen molar-refractivity contribution in [2.45, 2.75) is 59.8 Å². The van der Waals surface area contributed by atoms with E-state index in [4.69, 9.17) is 23.7 Å². The summed E-state index contributed by atoms with van der Waals surface area (Å²) in [5, 5.41) is 0. The Kier molecular flexibility index (Phi) is 15.5. The minimum atomic E-state index is -0.427. The molecule has 1 aliphatic rings. The van der Waals surface area contributed by atoms with Crippen LogP contribution in [0.3, 0.4) is 0 Å². The molecule has 1 aliphatic heterocycles. The highest BCUT2D eigenvalue weighted by atomic mass is 16.6. The lowest BCUT2D eigenvalue weighted by Crippen LogP contribution is -2.45. The van der Waals surface area contributed by atoms with Gasteiger partial charge in [-0.2, -0.15) is 0 Å². The van der Waals surface area contributed by atoms with Crippen LogP contribution in [0.1, 0.15) is 59.8 Å². The SMILES string of the molecule is COCCOCCOCCOCCOCCC(=O)N1CCC(CC(C)=O)(CC(=O)C(C)(C)C)CC1. The third-order valence-electron chi connectivity index (χ3n) is 6.18. The van der Waals surface area contributed by atoms with Gasteiger partial charge >= 0.3 is 0 Å². The van der Waals surface area contributed by atoms with Gasteiger partial charge in [-0.05, 0) is 25.2 Å². The van der Waals surface area contributed by atoms with Crippen molar-refractivity contribution >= 4 is 17.5 Å². The first-order chi connectivity index (χ1) is 16.6. The second kappa shape index (κ2) is 17.1. The quantitative estimate of drug-likeness (QED) is 0.249. The lowest BCUT2D eigenvalue weighted by molar-refractivity contribution is -0.136. The average molecular weight is 502 g/mol. The van der Waals surface area contributed by atoms with Crippen molar-refractivity contribution in [1.82, 2.24) is 4.90 Å². The minimum Gasteiger partial charge on any atom is -0.382 e. The van der Waals surface area contributed by atoms with Gasteiger partial charge < -0.3 is 33.4 Å². The van der Waals surface area contributed by atoms with Crippen molar-refractivity contribution in [3.05, 3.63) is 0 Å². The number of hydrogen-bond acceptors (Lipinski definition) is 8. The van der Waals surface area contributed by atoms with Gasteiger partial charge in [-0.15, -0.1) is 0 Å². The zero-order valence-electron chi connectivity index (χ0n) is 22.5. The summed E-state index contributed by atoms with van der Waals surface area (Å²) < 4.78 is 26.6. The highest BCUT2D eigenvalue weighted by molar-refractivity contribution is 5.85. The number of hydrogen-bond donors (Lipinski definition) is 0. The molecule has 0 aromatic heterocycles. The fraction of sp³-hybridized carbons (Fsp3) is 0.885. The summed E-state index contributed by atoms with van der Waals surface area (Å²) in [5.74, 6) is 0.318. The van der Waals surface area contributed by atoms with Crippen molar-refractivity contribution in [2.75, 3.05) is 79.7 Å². The van der Waals surface area contributed by atoms with Gasteiger partial charge in [0.25, 0.3) is 0 Å². The number of carbonyl (C=O) groups is 3. The van der Waals surface area contributed by atoms with Crippen molar-refractivity contribution in [3.63, 3.8) is 0 Å². The molecular weight excluding hydrogens is 454 g/mol. The van der Waals surface area contributed by atoms with E-state index in [9.17, 15) is 14.4 Å². The zero-order valence-corrected chi connectivity index (χ0v) is 22.5. The molecule has 1 amide bonds. The van der Waals surface area contributed by atoms with Crippen LogP contribution in [-0.2, 0) is 38.1 Å².